The highest BCUT2D eigenvalue weighted by molar-refractivity contribution is 7.07. The fraction of sp³-hybridized carbons (Fsp3) is 0. The molecule has 2 heterocycles. The van der Waals surface area contributed by atoms with Crippen LogP contribution in [0.4, 0.5) is 11.4 Å². The third-order valence-electron chi connectivity index (χ3n) is 3.88. The first-order chi connectivity index (χ1) is 12.4. The molecule has 0 amide bonds. The molecule has 3 heteroatoms. The van der Waals surface area contributed by atoms with Gasteiger partial charge in [-0.1, -0.05) is 54.6 Å². The Morgan fingerprint density at radius 2 is 1.36 bits per heavy atom. The zero-order valence-corrected chi connectivity index (χ0v) is 14.4. The van der Waals surface area contributed by atoms with Crippen molar-refractivity contribution >= 4 is 44.7 Å². The zero-order valence-electron chi connectivity index (χ0n) is 13.6. The molecular weight excluding hydrogens is 326 g/mol. The smallest absolute Gasteiger partial charge is 0.137 e. The van der Waals surface area contributed by atoms with E-state index in [0.717, 1.165) is 33.3 Å². The number of rotatable bonds is 2. The summed E-state index contributed by atoms with van der Waals surface area (Å²) in [5, 5.41) is 9.82. The number of hydrogen-bond acceptors (Lipinski definition) is 3. The van der Waals surface area contributed by atoms with Crippen molar-refractivity contribution < 1.29 is 4.42 Å². The highest BCUT2D eigenvalue weighted by Gasteiger charge is 2.10. The number of fused-ring (bicyclic) bond motifs is 3. The van der Waals surface area contributed by atoms with Crippen LogP contribution in [0.2, 0.25) is 0 Å². The molecule has 0 bridgehead atoms. The van der Waals surface area contributed by atoms with E-state index in [-0.39, 0.29) is 0 Å². The average molecular weight is 343 g/mol. The van der Waals surface area contributed by atoms with Crippen LogP contribution in [0, 0.1) is 0 Å². The molecule has 0 atom stereocenters. The maximum atomic E-state index is 5.89. The predicted octanol–water partition coefficient (Wildman–Crippen LogP) is 7.08. The van der Waals surface area contributed by atoms with E-state index in [1.54, 1.807) is 11.3 Å². The van der Waals surface area contributed by atoms with E-state index in [4.69, 9.17) is 4.42 Å². The lowest BCUT2D eigenvalue weighted by Crippen LogP contribution is -1.89. The van der Waals surface area contributed by atoms with Crippen LogP contribution in [0.15, 0.2) is 100 Å². The van der Waals surface area contributed by atoms with Gasteiger partial charge in [0.1, 0.15) is 11.2 Å². The summed E-state index contributed by atoms with van der Waals surface area (Å²) in [5.74, 6) is 0. The van der Waals surface area contributed by atoms with Crippen LogP contribution in [0.3, 0.4) is 0 Å². The molecular formula is C22H17NOS. The van der Waals surface area contributed by atoms with Gasteiger partial charge in [-0.2, -0.15) is 11.3 Å². The van der Waals surface area contributed by atoms with E-state index in [2.05, 4.69) is 29.6 Å². The normalized spacial score (nSPS) is 10.4. The third kappa shape index (κ3) is 3.42. The van der Waals surface area contributed by atoms with Crippen molar-refractivity contribution in [1.29, 1.82) is 0 Å². The SMILES string of the molecule is c1ccc(Nc2cccc3oc4ccccc4c23)cc1.c1ccsc1. The van der Waals surface area contributed by atoms with Crippen LogP contribution in [0.25, 0.3) is 21.9 Å². The molecule has 0 fully saturated rings. The molecule has 5 aromatic rings. The Bertz CT molecular complexity index is 1050. The number of thiophene rings is 1. The first-order valence-electron chi connectivity index (χ1n) is 8.11. The minimum atomic E-state index is 0.909. The first-order valence-corrected chi connectivity index (χ1v) is 9.05. The molecule has 25 heavy (non-hydrogen) atoms. The van der Waals surface area contributed by atoms with Crippen LogP contribution in [0.1, 0.15) is 0 Å². The summed E-state index contributed by atoms with van der Waals surface area (Å²) in [4.78, 5) is 0. The van der Waals surface area contributed by atoms with Gasteiger partial charge in [-0.15, -0.1) is 0 Å². The van der Waals surface area contributed by atoms with E-state index in [1.807, 2.05) is 71.4 Å². The largest absolute Gasteiger partial charge is 0.456 e. The van der Waals surface area contributed by atoms with Gasteiger partial charge in [0.25, 0.3) is 0 Å². The quantitative estimate of drug-likeness (QED) is 0.370. The fourth-order valence-corrected chi connectivity index (χ4v) is 3.24. The van der Waals surface area contributed by atoms with Gasteiger partial charge in [0.15, 0.2) is 0 Å². The van der Waals surface area contributed by atoms with Crippen molar-refractivity contribution in [2.45, 2.75) is 0 Å². The second-order valence-corrected chi connectivity index (χ2v) is 6.38. The molecule has 0 saturated heterocycles. The summed E-state index contributed by atoms with van der Waals surface area (Å²) in [7, 11) is 0. The number of anilines is 2. The number of furan rings is 1. The van der Waals surface area contributed by atoms with Crippen molar-refractivity contribution in [2.24, 2.45) is 0 Å². The van der Waals surface area contributed by atoms with Gasteiger partial charge in [-0.25, -0.2) is 0 Å². The van der Waals surface area contributed by atoms with Gasteiger partial charge in [0, 0.05) is 11.1 Å². The Balaban J connectivity index is 0.000000272. The number of hydrogen-bond donors (Lipinski definition) is 1. The summed E-state index contributed by atoms with van der Waals surface area (Å²) in [6, 6.07) is 28.4. The second-order valence-electron chi connectivity index (χ2n) is 5.56. The minimum absolute atomic E-state index is 0.909. The molecule has 0 aliphatic rings. The van der Waals surface area contributed by atoms with Crippen LogP contribution in [0.5, 0.6) is 0 Å². The molecule has 0 unspecified atom stereocenters. The topological polar surface area (TPSA) is 25.2 Å². The molecule has 0 radical (unpaired) electrons. The molecule has 2 nitrogen and oxygen atoms in total. The van der Waals surface area contributed by atoms with E-state index in [9.17, 15) is 0 Å². The summed E-state index contributed by atoms with van der Waals surface area (Å²) in [6.07, 6.45) is 0. The summed E-state index contributed by atoms with van der Waals surface area (Å²) in [6.45, 7) is 0. The number of benzene rings is 3. The van der Waals surface area contributed by atoms with Gasteiger partial charge in [-0.3, -0.25) is 0 Å². The summed E-state index contributed by atoms with van der Waals surface area (Å²) < 4.78 is 5.89. The van der Waals surface area contributed by atoms with Crippen LogP contribution >= 0.6 is 11.3 Å². The number of nitrogens with one attached hydrogen (secondary N) is 1. The molecule has 1 N–H and O–H groups in total. The van der Waals surface area contributed by atoms with Gasteiger partial charge in [0.2, 0.25) is 0 Å². The van der Waals surface area contributed by atoms with Crippen molar-refractivity contribution in [3.63, 3.8) is 0 Å². The molecule has 0 saturated carbocycles. The van der Waals surface area contributed by atoms with E-state index in [1.165, 1.54) is 0 Å². The van der Waals surface area contributed by atoms with Gasteiger partial charge >= 0.3 is 0 Å². The second kappa shape index (κ2) is 7.24. The van der Waals surface area contributed by atoms with E-state index < -0.39 is 0 Å². The molecule has 5 rings (SSSR count). The summed E-state index contributed by atoms with van der Waals surface area (Å²) in [5.41, 5.74) is 3.97. The fourth-order valence-electron chi connectivity index (χ4n) is 2.78. The van der Waals surface area contributed by atoms with E-state index >= 15 is 0 Å². The monoisotopic (exact) mass is 343 g/mol. The Hall–Kier alpha value is -3.04. The lowest BCUT2D eigenvalue weighted by molar-refractivity contribution is 0.669. The maximum absolute atomic E-state index is 5.89. The Morgan fingerprint density at radius 3 is 2.12 bits per heavy atom. The predicted molar refractivity (Wildman–Crippen MR) is 108 cm³/mol. The molecule has 0 spiro atoms. The first kappa shape index (κ1) is 15.5. The highest BCUT2D eigenvalue weighted by Crippen LogP contribution is 2.35. The third-order valence-corrected chi connectivity index (χ3v) is 4.51. The standard InChI is InChI=1S/C18H13NO.C4H4S/c1-2-7-13(8-3-1)19-15-10-6-12-17-18(15)14-9-4-5-11-16(14)20-17;1-2-4-5-3-1/h1-12,19H;1-4H. The van der Waals surface area contributed by atoms with Crippen LogP contribution in [-0.4, -0.2) is 0 Å². The lowest BCUT2D eigenvalue weighted by atomic mass is 10.1. The number of para-hydroxylation sites is 2. The van der Waals surface area contributed by atoms with Crippen molar-refractivity contribution in [3.05, 3.63) is 95.7 Å². The maximum Gasteiger partial charge on any atom is 0.137 e. The van der Waals surface area contributed by atoms with Crippen LogP contribution in [-0.2, 0) is 0 Å². The van der Waals surface area contributed by atoms with Crippen molar-refractivity contribution in [2.75, 3.05) is 5.32 Å². The molecule has 122 valence electrons. The van der Waals surface area contributed by atoms with Gasteiger partial charge in [-0.05, 0) is 41.1 Å². The average Bonchev–Trinajstić information content (AvgIpc) is 3.34. The van der Waals surface area contributed by atoms with Crippen molar-refractivity contribution in [3.8, 4) is 0 Å². The Labute approximate surface area is 150 Å². The Kier molecular flexibility index (Phi) is 4.49. The summed E-state index contributed by atoms with van der Waals surface area (Å²) >= 11 is 1.71. The lowest BCUT2D eigenvalue weighted by Gasteiger charge is -2.07. The van der Waals surface area contributed by atoms with Crippen LogP contribution < -0.4 is 5.32 Å². The Morgan fingerprint density at radius 1 is 0.640 bits per heavy atom. The van der Waals surface area contributed by atoms with E-state index in [0.29, 0.717) is 0 Å². The molecule has 3 aromatic carbocycles. The van der Waals surface area contributed by atoms with Crippen molar-refractivity contribution in [1.82, 2.24) is 0 Å². The molecule has 0 aliphatic heterocycles. The molecule has 2 aromatic heterocycles. The van der Waals surface area contributed by atoms with Gasteiger partial charge < -0.3 is 9.73 Å². The van der Waals surface area contributed by atoms with Gasteiger partial charge in [0.05, 0.1) is 11.1 Å². The highest BCUT2D eigenvalue weighted by atomic mass is 32.1. The minimum Gasteiger partial charge on any atom is -0.456 e. The molecule has 0 aliphatic carbocycles. The zero-order chi connectivity index (χ0) is 16.9.